The molecule has 4 heteroatoms. The van der Waals surface area contributed by atoms with Crippen LogP contribution in [0.2, 0.25) is 5.02 Å². The summed E-state index contributed by atoms with van der Waals surface area (Å²) in [6, 6.07) is 3.83. The van der Waals surface area contributed by atoms with E-state index >= 15 is 0 Å². The van der Waals surface area contributed by atoms with Crippen LogP contribution in [0.5, 0.6) is 0 Å². The minimum atomic E-state index is -0.348. The first-order valence-corrected chi connectivity index (χ1v) is 5.81. The fourth-order valence-corrected chi connectivity index (χ4v) is 2.59. The highest BCUT2D eigenvalue weighted by molar-refractivity contribution is 9.10. The summed E-state index contributed by atoms with van der Waals surface area (Å²) in [4.78, 5) is 14.3. The molecule has 15 heavy (non-hydrogen) atoms. The van der Waals surface area contributed by atoms with Crippen molar-refractivity contribution in [3.63, 3.8) is 0 Å². The zero-order chi connectivity index (χ0) is 11.1. The van der Waals surface area contributed by atoms with Gasteiger partial charge < -0.3 is 0 Å². The van der Waals surface area contributed by atoms with E-state index in [1.165, 1.54) is 0 Å². The molecule has 0 heterocycles. The second kappa shape index (κ2) is 3.75. The molecule has 1 aliphatic rings. The van der Waals surface area contributed by atoms with Crippen LogP contribution < -0.4 is 0 Å². The first-order chi connectivity index (χ1) is 7.09. The third-order valence-electron chi connectivity index (χ3n) is 2.79. The maximum absolute atomic E-state index is 10.4. The molecule has 1 fully saturated rings. The molecule has 0 atom stereocenters. The van der Waals surface area contributed by atoms with E-state index in [0.29, 0.717) is 5.02 Å². The number of nitrogens with zero attached hydrogens (tertiary/aromatic N) is 1. The van der Waals surface area contributed by atoms with Crippen molar-refractivity contribution in [3.05, 3.63) is 32.8 Å². The van der Waals surface area contributed by atoms with Crippen LogP contribution in [0.25, 0.3) is 0 Å². The van der Waals surface area contributed by atoms with E-state index in [4.69, 9.17) is 11.6 Å². The summed E-state index contributed by atoms with van der Waals surface area (Å²) in [5.41, 5.74) is 1.68. The number of hydrogen-bond donors (Lipinski definition) is 0. The molecule has 0 spiro atoms. The topological polar surface area (TPSA) is 29.4 Å². The fourth-order valence-electron chi connectivity index (χ4n) is 1.78. The first-order valence-electron chi connectivity index (χ1n) is 4.64. The lowest BCUT2D eigenvalue weighted by Gasteiger charge is -2.13. The molecule has 1 saturated carbocycles. The highest BCUT2D eigenvalue weighted by Crippen LogP contribution is 2.51. The number of benzene rings is 1. The lowest BCUT2D eigenvalue weighted by atomic mass is 10.00. The summed E-state index contributed by atoms with van der Waals surface area (Å²) in [5, 5.41) is 0.701. The Hall–Kier alpha value is -0.630. The molecule has 1 aliphatic carbocycles. The minimum absolute atomic E-state index is 0.348. The van der Waals surface area contributed by atoms with Crippen LogP contribution in [0.15, 0.2) is 21.6 Å². The zero-order valence-corrected chi connectivity index (χ0v) is 10.5. The Labute approximate surface area is 101 Å². The highest BCUT2D eigenvalue weighted by atomic mass is 79.9. The molecule has 1 aromatic carbocycles. The second-order valence-corrected chi connectivity index (χ2v) is 5.12. The second-order valence-electron chi connectivity index (χ2n) is 3.79. The summed E-state index contributed by atoms with van der Waals surface area (Å²) in [6.45, 7) is 1.95. The van der Waals surface area contributed by atoms with Gasteiger partial charge in [0, 0.05) is 9.50 Å². The Bertz CT molecular complexity index is 462. The Morgan fingerprint density at radius 3 is 2.73 bits per heavy atom. The van der Waals surface area contributed by atoms with Gasteiger partial charge in [-0.2, -0.15) is 4.99 Å². The molecule has 0 aromatic heterocycles. The van der Waals surface area contributed by atoms with Gasteiger partial charge in [-0.15, -0.1) is 0 Å². The summed E-state index contributed by atoms with van der Waals surface area (Å²) in [6.07, 6.45) is 3.45. The van der Waals surface area contributed by atoms with Gasteiger partial charge in [0.1, 0.15) is 0 Å². The third-order valence-corrected chi connectivity index (χ3v) is 3.64. The van der Waals surface area contributed by atoms with E-state index in [9.17, 15) is 4.79 Å². The number of hydrogen-bond acceptors (Lipinski definition) is 2. The maximum atomic E-state index is 10.4. The van der Waals surface area contributed by atoms with Crippen molar-refractivity contribution in [1.29, 1.82) is 0 Å². The van der Waals surface area contributed by atoms with Crippen molar-refractivity contribution in [3.8, 4) is 0 Å². The van der Waals surface area contributed by atoms with Gasteiger partial charge in [-0.3, -0.25) is 0 Å². The normalized spacial score (nSPS) is 17.0. The largest absolute Gasteiger partial charge is 0.235 e. The maximum Gasteiger partial charge on any atom is 0.235 e. The van der Waals surface area contributed by atoms with Gasteiger partial charge in [-0.25, -0.2) is 4.79 Å². The first kappa shape index (κ1) is 10.9. The molecule has 1 aromatic rings. The van der Waals surface area contributed by atoms with E-state index in [0.717, 1.165) is 28.4 Å². The van der Waals surface area contributed by atoms with Gasteiger partial charge in [0.15, 0.2) is 0 Å². The molecule has 78 valence electrons. The van der Waals surface area contributed by atoms with Crippen molar-refractivity contribution in [2.45, 2.75) is 25.3 Å². The molecule has 0 bridgehead atoms. The third kappa shape index (κ3) is 1.87. The number of rotatable bonds is 2. The van der Waals surface area contributed by atoms with Gasteiger partial charge >= 0.3 is 0 Å². The molecule has 0 saturated heterocycles. The van der Waals surface area contributed by atoms with E-state index in [-0.39, 0.29) is 5.54 Å². The standard InChI is InChI=1S/C11H9BrClNO/c1-7-9(4-8(12)5-10(7)13)11(2-3-11)14-6-15/h4-5H,2-3H2,1H3. The highest BCUT2D eigenvalue weighted by Gasteiger charge is 2.46. The van der Waals surface area contributed by atoms with E-state index in [1.807, 2.05) is 19.1 Å². The number of aliphatic imine (C=N–C) groups is 1. The molecule has 0 N–H and O–H groups in total. The van der Waals surface area contributed by atoms with Crippen LogP contribution in [0.3, 0.4) is 0 Å². The predicted molar refractivity (Wildman–Crippen MR) is 62.9 cm³/mol. The SMILES string of the molecule is Cc1c(Cl)cc(Br)cc1C1(N=C=O)CC1. The Morgan fingerprint density at radius 1 is 1.53 bits per heavy atom. The summed E-state index contributed by atoms with van der Waals surface area (Å²) >= 11 is 9.48. The lowest BCUT2D eigenvalue weighted by molar-refractivity contribution is 0.556. The average molecular weight is 287 g/mol. The molecular formula is C11H9BrClNO. The van der Waals surface area contributed by atoms with Crippen LogP contribution >= 0.6 is 27.5 Å². The molecule has 0 radical (unpaired) electrons. The number of halogens is 2. The van der Waals surface area contributed by atoms with E-state index in [2.05, 4.69) is 20.9 Å². The summed E-state index contributed by atoms with van der Waals surface area (Å²) in [5.74, 6) is 0. The van der Waals surface area contributed by atoms with Crippen molar-refractivity contribution in [2.75, 3.05) is 0 Å². The monoisotopic (exact) mass is 285 g/mol. The molecule has 2 nitrogen and oxygen atoms in total. The van der Waals surface area contributed by atoms with Crippen LogP contribution in [-0.2, 0) is 10.3 Å². The average Bonchev–Trinajstić information content (AvgIpc) is 2.93. The Balaban J connectivity index is 2.57. The van der Waals surface area contributed by atoms with Crippen molar-refractivity contribution in [2.24, 2.45) is 4.99 Å². The smallest absolute Gasteiger partial charge is 0.211 e. The Kier molecular flexibility index (Phi) is 2.72. The van der Waals surface area contributed by atoms with Crippen molar-refractivity contribution in [1.82, 2.24) is 0 Å². The van der Waals surface area contributed by atoms with Gasteiger partial charge in [-0.1, -0.05) is 27.5 Å². The van der Waals surface area contributed by atoms with Crippen LogP contribution in [0, 0.1) is 6.92 Å². The van der Waals surface area contributed by atoms with Crippen molar-refractivity contribution < 1.29 is 4.79 Å². The lowest BCUT2D eigenvalue weighted by Crippen LogP contribution is -2.05. The molecule has 2 rings (SSSR count). The fraction of sp³-hybridized carbons (Fsp3) is 0.364. The van der Waals surface area contributed by atoms with E-state index < -0.39 is 0 Å². The zero-order valence-electron chi connectivity index (χ0n) is 8.18. The van der Waals surface area contributed by atoms with Crippen molar-refractivity contribution >= 4 is 33.6 Å². The molecule has 0 amide bonds. The van der Waals surface area contributed by atoms with Crippen LogP contribution in [-0.4, -0.2) is 6.08 Å². The summed E-state index contributed by atoms with van der Waals surface area (Å²) in [7, 11) is 0. The molecular weight excluding hydrogens is 277 g/mol. The van der Waals surface area contributed by atoms with Gasteiger partial charge in [0.2, 0.25) is 6.08 Å². The predicted octanol–water partition coefficient (Wildman–Crippen LogP) is 3.74. The molecule has 0 unspecified atom stereocenters. The van der Waals surface area contributed by atoms with Gasteiger partial charge in [0.25, 0.3) is 0 Å². The van der Waals surface area contributed by atoms with Gasteiger partial charge in [-0.05, 0) is 43.0 Å². The Morgan fingerprint density at radius 2 is 2.20 bits per heavy atom. The molecule has 0 aliphatic heterocycles. The minimum Gasteiger partial charge on any atom is -0.211 e. The van der Waals surface area contributed by atoms with Gasteiger partial charge in [0.05, 0.1) is 5.54 Å². The quantitative estimate of drug-likeness (QED) is 0.601. The van der Waals surface area contributed by atoms with E-state index in [1.54, 1.807) is 6.08 Å². The number of isocyanates is 1. The summed E-state index contributed by atoms with van der Waals surface area (Å²) < 4.78 is 0.917. The number of carbonyl (C=O) groups excluding carboxylic acids is 1. The van der Waals surface area contributed by atoms with Crippen LogP contribution in [0.4, 0.5) is 0 Å². The van der Waals surface area contributed by atoms with Crippen LogP contribution in [0.1, 0.15) is 24.0 Å².